The maximum atomic E-state index is 13.3. The van der Waals surface area contributed by atoms with E-state index in [0.29, 0.717) is 18.7 Å². The number of nitrogens with zero attached hydrogens (tertiary/aromatic N) is 2. The Morgan fingerprint density at radius 3 is 2.61 bits per heavy atom. The molecule has 0 spiro atoms. The predicted octanol–water partition coefficient (Wildman–Crippen LogP) is 4.14. The van der Waals surface area contributed by atoms with Crippen molar-refractivity contribution in [3.63, 3.8) is 0 Å². The Morgan fingerprint density at radius 2 is 1.82 bits per heavy atom. The third kappa shape index (κ3) is 3.98. The minimum Gasteiger partial charge on any atom is -0.454 e. The first kappa shape index (κ1) is 18.0. The average molecular weight is 374 g/mol. The van der Waals surface area contributed by atoms with Gasteiger partial charge in [-0.1, -0.05) is 42.5 Å². The lowest BCUT2D eigenvalue weighted by Crippen LogP contribution is -2.34. The van der Waals surface area contributed by atoms with Crippen LogP contribution in [-0.2, 0) is 17.8 Å². The summed E-state index contributed by atoms with van der Waals surface area (Å²) < 4.78 is 10.8. The molecule has 0 saturated heterocycles. The van der Waals surface area contributed by atoms with Crippen molar-refractivity contribution in [1.29, 1.82) is 0 Å². The van der Waals surface area contributed by atoms with Crippen molar-refractivity contribution in [2.24, 2.45) is 0 Å². The number of hydrogen-bond donors (Lipinski definition) is 0. The number of amides is 1. The molecule has 5 nitrogen and oxygen atoms in total. The number of hydrogen-bond acceptors (Lipinski definition) is 4. The van der Waals surface area contributed by atoms with Crippen LogP contribution in [0.1, 0.15) is 29.8 Å². The normalized spacial score (nSPS) is 13.2. The van der Waals surface area contributed by atoms with Crippen molar-refractivity contribution in [3.05, 3.63) is 89.7 Å². The molecule has 0 fully saturated rings. The van der Waals surface area contributed by atoms with E-state index in [1.165, 1.54) is 0 Å². The Labute approximate surface area is 164 Å². The van der Waals surface area contributed by atoms with Crippen molar-refractivity contribution in [2.45, 2.75) is 25.9 Å². The minimum absolute atomic E-state index is 0.0425. The minimum atomic E-state index is -0.0651. The lowest BCUT2D eigenvalue weighted by Gasteiger charge is -2.29. The number of pyridine rings is 1. The highest BCUT2D eigenvalue weighted by Crippen LogP contribution is 2.33. The Bertz CT molecular complexity index is 945. The van der Waals surface area contributed by atoms with Gasteiger partial charge in [-0.05, 0) is 42.3 Å². The van der Waals surface area contributed by atoms with Crippen LogP contribution in [0.15, 0.2) is 72.9 Å². The standard InChI is InChI=1S/C23H22N2O3/c1-17(19-7-3-2-4-8-19)25(15-20-9-5-6-12-24-20)23(26)14-18-10-11-21-22(13-18)28-16-27-21/h2-13,17H,14-16H2,1H3/t17-/m1/s1. The molecule has 1 aromatic heterocycles. The van der Waals surface area contributed by atoms with E-state index in [4.69, 9.17) is 9.47 Å². The Kier molecular flexibility index (Phi) is 5.24. The van der Waals surface area contributed by atoms with Crippen LogP contribution in [0.5, 0.6) is 11.5 Å². The number of benzene rings is 2. The number of aromatic nitrogens is 1. The predicted molar refractivity (Wildman–Crippen MR) is 106 cm³/mol. The summed E-state index contributed by atoms with van der Waals surface area (Å²) in [5.41, 5.74) is 2.86. The smallest absolute Gasteiger partial charge is 0.231 e. The van der Waals surface area contributed by atoms with E-state index in [2.05, 4.69) is 11.9 Å². The average Bonchev–Trinajstić information content (AvgIpc) is 3.21. The van der Waals surface area contributed by atoms with Gasteiger partial charge < -0.3 is 14.4 Å². The van der Waals surface area contributed by atoms with Crippen molar-refractivity contribution in [2.75, 3.05) is 6.79 Å². The number of ether oxygens (including phenoxy) is 2. The fourth-order valence-electron chi connectivity index (χ4n) is 3.35. The second-order valence-electron chi connectivity index (χ2n) is 6.79. The van der Waals surface area contributed by atoms with Crippen LogP contribution in [0.3, 0.4) is 0 Å². The van der Waals surface area contributed by atoms with E-state index in [9.17, 15) is 4.79 Å². The summed E-state index contributed by atoms with van der Waals surface area (Å²) in [6, 6.07) is 21.4. The first-order chi connectivity index (χ1) is 13.7. The lowest BCUT2D eigenvalue weighted by molar-refractivity contribution is -0.133. The van der Waals surface area contributed by atoms with E-state index in [1.54, 1.807) is 6.20 Å². The number of carbonyl (C=O) groups is 1. The van der Waals surface area contributed by atoms with Crippen LogP contribution >= 0.6 is 0 Å². The SMILES string of the molecule is C[C@H](c1ccccc1)N(Cc1ccccn1)C(=O)Cc1ccc2c(c1)OCO2. The summed E-state index contributed by atoms with van der Waals surface area (Å²) in [4.78, 5) is 19.5. The van der Waals surface area contributed by atoms with E-state index in [-0.39, 0.29) is 18.7 Å². The zero-order chi connectivity index (χ0) is 19.3. The Balaban J connectivity index is 1.57. The zero-order valence-corrected chi connectivity index (χ0v) is 15.7. The van der Waals surface area contributed by atoms with Crippen LogP contribution in [0.2, 0.25) is 0 Å². The molecule has 1 amide bonds. The van der Waals surface area contributed by atoms with Gasteiger partial charge in [-0.25, -0.2) is 0 Å². The van der Waals surface area contributed by atoms with Gasteiger partial charge in [0.2, 0.25) is 12.7 Å². The van der Waals surface area contributed by atoms with Crippen molar-refractivity contribution >= 4 is 5.91 Å². The van der Waals surface area contributed by atoms with Crippen LogP contribution in [0.25, 0.3) is 0 Å². The van der Waals surface area contributed by atoms with Crippen LogP contribution in [0.4, 0.5) is 0 Å². The summed E-state index contributed by atoms with van der Waals surface area (Å²) >= 11 is 0. The van der Waals surface area contributed by atoms with Gasteiger partial charge in [0.1, 0.15) is 0 Å². The molecule has 28 heavy (non-hydrogen) atoms. The molecule has 1 aliphatic heterocycles. The second kappa shape index (κ2) is 8.13. The lowest BCUT2D eigenvalue weighted by atomic mass is 10.0. The molecule has 0 aliphatic carbocycles. The van der Waals surface area contributed by atoms with Crippen LogP contribution in [-0.4, -0.2) is 22.6 Å². The topological polar surface area (TPSA) is 51.7 Å². The van der Waals surface area contributed by atoms with E-state index in [1.807, 2.05) is 71.6 Å². The molecule has 0 saturated carbocycles. The van der Waals surface area contributed by atoms with Crippen molar-refractivity contribution < 1.29 is 14.3 Å². The molecule has 2 heterocycles. The summed E-state index contributed by atoms with van der Waals surface area (Å²) in [5.74, 6) is 1.46. The maximum Gasteiger partial charge on any atom is 0.231 e. The third-order valence-corrected chi connectivity index (χ3v) is 4.92. The second-order valence-corrected chi connectivity index (χ2v) is 6.79. The molecular formula is C23H22N2O3. The Hall–Kier alpha value is -3.34. The third-order valence-electron chi connectivity index (χ3n) is 4.92. The van der Waals surface area contributed by atoms with Crippen molar-refractivity contribution in [1.82, 2.24) is 9.88 Å². The van der Waals surface area contributed by atoms with Gasteiger partial charge >= 0.3 is 0 Å². The quantitative estimate of drug-likeness (QED) is 0.651. The summed E-state index contributed by atoms with van der Waals surface area (Å²) in [6.45, 7) is 2.74. The van der Waals surface area contributed by atoms with Gasteiger partial charge in [0.15, 0.2) is 11.5 Å². The fourth-order valence-corrected chi connectivity index (χ4v) is 3.35. The molecule has 0 bridgehead atoms. The highest BCUT2D eigenvalue weighted by molar-refractivity contribution is 5.79. The fraction of sp³-hybridized carbons (Fsp3) is 0.217. The Morgan fingerprint density at radius 1 is 1.04 bits per heavy atom. The molecule has 0 radical (unpaired) electrons. The molecule has 2 aromatic carbocycles. The van der Waals surface area contributed by atoms with E-state index in [0.717, 1.165) is 22.6 Å². The summed E-state index contributed by atoms with van der Waals surface area (Å²) in [5, 5.41) is 0. The molecule has 1 aliphatic rings. The molecule has 5 heteroatoms. The summed E-state index contributed by atoms with van der Waals surface area (Å²) in [6.07, 6.45) is 2.05. The van der Waals surface area contributed by atoms with E-state index >= 15 is 0 Å². The van der Waals surface area contributed by atoms with Gasteiger partial charge in [-0.3, -0.25) is 9.78 Å². The molecule has 0 unspecified atom stereocenters. The van der Waals surface area contributed by atoms with Crippen LogP contribution < -0.4 is 9.47 Å². The molecule has 0 N–H and O–H groups in total. The molecule has 1 atom stereocenters. The van der Waals surface area contributed by atoms with Crippen molar-refractivity contribution in [3.8, 4) is 11.5 Å². The van der Waals surface area contributed by atoms with Gasteiger partial charge in [-0.2, -0.15) is 0 Å². The molecular weight excluding hydrogens is 352 g/mol. The zero-order valence-electron chi connectivity index (χ0n) is 15.7. The highest BCUT2D eigenvalue weighted by Gasteiger charge is 2.23. The first-order valence-electron chi connectivity index (χ1n) is 9.33. The monoisotopic (exact) mass is 374 g/mol. The van der Waals surface area contributed by atoms with Gasteiger partial charge in [0.05, 0.1) is 24.7 Å². The molecule has 4 rings (SSSR count). The number of rotatable bonds is 6. The van der Waals surface area contributed by atoms with Gasteiger partial charge in [-0.15, -0.1) is 0 Å². The number of carbonyl (C=O) groups excluding carboxylic acids is 1. The highest BCUT2D eigenvalue weighted by atomic mass is 16.7. The molecule has 3 aromatic rings. The molecule has 142 valence electrons. The largest absolute Gasteiger partial charge is 0.454 e. The van der Waals surface area contributed by atoms with Gasteiger partial charge in [0, 0.05) is 6.20 Å². The maximum absolute atomic E-state index is 13.3. The number of fused-ring (bicyclic) bond motifs is 1. The van der Waals surface area contributed by atoms with E-state index < -0.39 is 0 Å². The van der Waals surface area contributed by atoms with Gasteiger partial charge in [0.25, 0.3) is 0 Å². The first-order valence-corrected chi connectivity index (χ1v) is 9.33. The summed E-state index contributed by atoms with van der Waals surface area (Å²) in [7, 11) is 0. The van der Waals surface area contributed by atoms with Crippen LogP contribution in [0, 0.1) is 0 Å².